The number of rotatable bonds is 8. The van der Waals surface area contributed by atoms with Crippen LogP contribution in [0, 0.1) is 0 Å². The smallest absolute Gasteiger partial charge is 0.240 e. The lowest BCUT2D eigenvalue weighted by Gasteiger charge is -2.34. The van der Waals surface area contributed by atoms with E-state index in [1.54, 1.807) is 17.4 Å². The minimum absolute atomic E-state index is 0.0323. The zero-order chi connectivity index (χ0) is 19.3. The third-order valence-corrected chi connectivity index (χ3v) is 6.67. The first-order chi connectivity index (χ1) is 13.0. The van der Waals surface area contributed by atoms with E-state index in [-0.39, 0.29) is 17.5 Å². The second-order valence-corrected chi connectivity index (χ2v) is 8.64. The number of thiophene rings is 1. The van der Waals surface area contributed by atoms with E-state index >= 15 is 0 Å². The molecular weight excluding hydrogens is 388 g/mol. The van der Waals surface area contributed by atoms with E-state index in [0.29, 0.717) is 24.7 Å². The molecule has 148 valence electrons. The zero-order valence-corrected chi connectivity index (χ0v) is 17.0. The molecule has 0 saturated carbocycles. The summed E-state index contributed by atoms with van der Waals surface area (Å²) in [6.07, 6.45) is 0. The molecule has 27 heavy (non-hydrogen) atoms. The average Bonchev–Trinajstić information content (AvgIpc) is 3.22. The number of morpholine rings is 1. The molecule has 1 N–H and O–H groups in total. The number of hydrogen-bond donors (Lipinski definition) is 1. The number of sulfonamides is 1. The van der Waals surface area contributed by atoms with Crippen LogP contribution < -0.4 is 14.2 Å². The summed E-state index contributed by atoms with van der Waals surface area (Å²) in [5, 5.41) is 4.07. The quantitative estimate of drug-likeness (QED) is 0.716. The molecule has 0 unspecified atom stereocenters. The molecule has 1 saturated heterocycles. The first-order valence-electron chi connectivity index (χ1n) is 8.60. The van der Waals surface area contributed by atoms with Crippen molar-refractivity contribution in [3.8, 4) is 11.5 Å². The first kappa shape index (κ1) is 20.1. The highest BCUT2D eigenvalue weighted by Gasteiger charge is 2.25. The molecule has 1 aliphatic heterocycles. The van der Waals surface area contributed by atoms with E-state index in [0.717, 1.165) is 18.7 Å². The minimum atomic E-state index is -3.68. The predicted octanol–water partition coefficient (Wildman–Crippen LogP) is 2.12. The molecule has 1 fully saturated rings. The second-order valence-electron chi connectivity index (χ2n) is 6.09. The van der Waals surface area contributed by atoms with Crippen molar-refractivity contribution in [3.63, 3.8) is 0 Å². The molecule has 0 bridgehead atoms. The summed E-state index contributed by atoms with van der Waals surface area (Å²) >= 11 is 1.61. The van der Waals surface area contributed by atoms with Gasteiger partial charge in [0.15, 0.2) is 11.5 Å². The molecule has 0 aliphatic carbocycles. The molecule has 7 nitrogen and oxygen atoms in total. The van der Waals surface area contributed by atoms with Gasteiger partial charge in [0.1, 0.15) is 0 Å². The molecule has 1 aliphatic rings. The highest BCUT2D eigenvalue weighted by atomic mass is 32.2. The van der Waals surface area contributed by atoms with Crippen LogP contribution in [0.25, 0.3) is 0 Å². The van der Waals surface area contributed by atoms with E-state index < -0.39 is 10.0 Å². The van der Waals surface area contributed by atoms with E-state index in [9.17, 15) is 8.42 Å². The molecule has 0 radical (unpaired) electrons. The Morgan fingerprint density at radius 1 is 1.19 bits per heavy atom. The molecule has 3 rings (SSSR count). The lowest BCUT2D eigenvalue weighted by atomic mass is 10.1. The van der Waals surface area contributed by atoms with Crippen LogP contribution in [0.1, 0.15) is 11.6 Å². The van der Waals surface area contributed by atoms with Gasteiger partial charge in [-0.3, -0.25) is 4.90 Å². The first-order valence-corrected chi connectivity index (χ1v) is 11.0. The van der Waals surface area contributed by atoms with Gasteiger partial charge in [0, 0.05) is 31.7 Å². The van der Waals surface area contributed by atoms with Gasteiger partial charge in [-0.1, -0.05) is 0 Å². The van der Waals surface area contributed by atoms with Gasteiger partial charge in [-0.25, -0.2) is 13.1 Å². The van der Waals surface area contributed by atoms with E-state index in [4.69, 9.17) is 14.2 Å². The number of nitrogens with zero attached hydrogens (tertiary/aromatic N) is 1. The Bertz CT molecular complexity index is 833. The molecule has 2 heterocycles. The SMILES string of the molecule is COc1ccc(S(=O)(=O)NC[C@@H](c2ccsc2)N2CCOCC2)cc1OC. The van der Waals surface area contributed by atoms with Crippen LogP contribution in [0.3, 0.4) is 0 Å². The fourth-order valence-electron chi connectivity index (χ4n) is 3.07. The Labute approximate surface area is 163 Å². The minimum Gasteiger partial charge on any atom is -0.493 e. The summed E-state index contributed by atoms with van der Waals surface area (Å²) in [4.78, 5) is 2.40. The van der Waals surface area contributed by atoms with Crippen molar-refractivity contribution in [2.75, 3.05) is 47.1 Å². The van der Waals surface area contributed by atoms with Crippen LogP contribution in [-0.2, 0) is 14.8 Å². The Morgan fingerprint density at radius 2 is 1.93 bits per heavy atom. The van der Waals surface area contributed by atoms with Crippen LogP contribution in [0.4, 0.5) is 0 Å². The highest BCUT2D eigenvalue weighted by Crippen LogP contribution is 2.30. The molecule has 1 aromatic heterocycles. The summed E-state index contributed by atoms with van der Waals surface area (Å²) in [7, 11) is -0.692. The Kier molecular flexibility index (Phi) is 6.72. The van der Waals surface area contributed by atoms with Gasteiger partial charge in [-0.05, 0) is 34.5 Å². The van der Waals surface area contributed by atoms with Crippen LogP contribution >= 0.6 is 11.3 Å². The fourth-order valence-corrected chi connectivity index (χ4v) is 4.83. The Morgan fingerprint density at radius 3 is 2.56 bits per heavy atom. The van der Waals surface area contributed by atoms with Crippen molar-refractivity contribution in [3.05, 3.63) is 40.6 Å². The molecule has 2 aromatic rings. The molecular formula is C18H24N2O5S2. The number of methoxy groups -OCH3 is 2. The largest absolute Gasteiger partial charge is 0.493 e. The summed E-state index contributed by atoms with van der Waals surface area (Å²) in [5.74, 6) is 0.865. The molecule has 1 aromatic carbocycles. The summed E-state index contributed by atoms with van der Waals surface area (Å²) in [6.45, 7) is 3.15. The van der Waals surface area contributed by atoms with Gasteiger partial charge >= 0.3 is 0 Å². The molecule has 1 atom stereocenters. The number of benzene rings is 1. The van der Waals surface area contributed by atoms with E-state index in [1.165, 1.54) is 26.4 Å². The van der Waals surface area contributed by atoms with Gasteiger partial charge in [0.05, 0.1) is 32.3 Å². The van der Waals surface area contributed by atoms with Crippen molar-refractivity contribution < 1.29 is 22.6 Å². The van der Waals surface area contributed by atoms with E-state index in [2.05, 4.69) is 15.0 Å². The lowest BCUT2D eigenvalue weighted by Crippen LogP contribution is -2.43. The normalized spacial score (nSPS) is 16.8. The van der Waals surface area contributed by atoms with Crippen molar-refractivity contribution in [1.29, 1.82) is 0 Å². The van der Waals surface area contributed by atoms with Crippen molar-refractivity contribution in [2.45, 2.75) is 10.9 Å². The number of ether oxygens (including phenoxy) is 3. The fraction of sp³-hybridized carbons (Fsp3) is 0.444. The van der Waals surface area contributed by atoms with Crippen LogP contribution in [-0.4, -0.2) is 60.4 Å². The van der Waals surface area contributed by atoms with Crippen molar-refractivity contribution >= 4 is 21.4 Å². The van der Waals surface area contributed by atoms with Gasteiger partial charge in [0.25, 0.3) is 0 Å². The Hall–Kier alpha value is -1.65. The number of nitrogens with one attached hydrogen (secondary N) is 1. The van der Waals surface area contributed by atoms with Gasteiger partial charge < -0.3 is 14.2 Å². The summed E-state index contributed by atoms with van der Waals surface area (Å²) in [6, 6.07) is 6.57. The van der Waals surface area contributed by atoms with Gasteiger partial charge in [0.2, 0.25) is 10.0 Å². The zero-order valence-electron chi connectivity index (χ0n) is 15.4. The van der Waals surface area contributed by atoms with E-state index in [1.807, 2.05) is 11.4 Å². The maximum Gasteiger partial charge on any atom is 0.240 e. The van der Waals surface area contributed by atoms with Gasteiger partial charge in [-0.15, -0.1) is 0 Å². The summed E-state index contributed by atoms with van der Waals surface area (Å²) in [5.41, 5.74) is 1.11. The van der Waals surface area contributed by atoms with Crippen molar-refractivity contribution in [1.82, 2.24) is 9.62 Å². The molecule has 0 amide bonds. The lowest BCUT2D eigenvalue weighted by molar-refractivity contribution is 0.0173. The monoisotopic (exact) mass is 412 g/mol. The third-order valence-electron chi connectivity index (χ3n) is 4.55. The summed E-state index contributed by atoms with van der Waals surface area (Å²) < 4.78 is 44.2. The molecule has 9 heteroatoms. The van der Waals surface area contributed by atoms with Crippen LogP contribution in [0.15, 0.2) is 39.9 Å². The predicted molar refractivity (Wildman–Crippen MR) is 104 cm³/mol. The average molecular weight is 413 g/mol. The standard InChI is InChI=1S/C18H24N2O5S2/c1-23-17-4-3-15(11-18(17)24-2)27(21,22)19-12-16(14-5-10-26-13-14)20-6-8-25-9-7-20/h3-5,10-11,13,16,19H,6-9,12H2,1-2H3/t16-/m0/s1. The maximum absolute atomic E-state index is 12.8. The third kappa shape index (κ3) is 4.80. The van der Waals surface area contributed by atoms with Crippen molar-refractivity contribution in [2.24, 2.45) is 0 Å². The second kappa shape index (κ2) is 9.03. The van der Waals surface area contributed by atoms with Crippen LogP contribution in [0.5, 0.6) is 11.5 Å². The Balaban J connectivity index is 1.77. The van der Waals surface area contributed by atoms with Gasteiger partial charge in [-0.2, -0.15) is 11.3 Å². The molecule has 0 spiro atoms. The maximum atomic E-state index is 12.8. The van der Waals surface area contributed by atoms with Crippen LogP contribution in [0.2, 0.25) is 0 Å². The number of hydrogen-bond acceptors (Lipinski definition) is 7. The topological polar surface area (TPSA) is 77.1 Å². The highest BCUT2D eigenvalue weighted by molar-refractivity contribution is 7.89.